The Morgan fingerprint density at radius 2 is 1.97 bits per heavy atom. The molecule has 1 aromatic rings. The monoisotopic (exact) mass is 403 g/mol. The fourth-order valence-electron chi connectivity index (χ4n) is 4.80. The van der Waals surface area contributed by atoms with Crippen molar-refractivity contribution in [1.82, 2.24) is 10.2 Å². The summed E-state index contributed by atoms with van der Waals surface area (Å²) >= 11 is 0. The first kappa shape index (κ1) is 21.8. The predicted molar refractivity (Wildman–Crippen MR) is 117 cm³/mol. The molecule has 162 valence electrons. The Labute approximate surface area is 175 Å². The van der Waals surface area contributed by atoms with Gasteiger partial charge in [-0.25, -0.2) is 0 Å². The van der Waals surface area contributed by atoms with Crippen molar-refractivity contribution in [3.05, 3.63) is 23.8 Å². The van der Waals surface area contributed by atoms with E-state index in [2.05, 4.69) is 34.4 Å². The Morgan fingerprint density at radius 1 is 1.21 bits per heavy atom. The maximum absolute atomic E-state index is 5.58. The highest BCUT2D eigenvalue weighted by molar-refractivity contribution is 5.79. The molecule has 2 fully saturated rings. The molecule has 1 heterocycles. The summed E-state index contributed by atoms with van der Waals surface area (Å²) in [5.74, 6) is 3.14. The lowest BCUT2D eigenvalue weighted by Crippen LogP contribution is -2.48. The van der Waals surface area contributed by atoms with Gasteiger partial charge in [-0.15, -0.1) is 0 Å². The molecule has 6 heteroatoms. The Balaban J connectivity index is 1.74. The molecule has 1 atom stereocenters. The van der Waals surface area contributed by atoms with Gasteiger partial charge in [0.05, 0.1) is 20.8 Å². The maximum Gasteiger partial charge on any atom is 0.193 e. The molecule has 0 radical (unpaired) electrons. The number of ether oxygens (including phenoxy) is 3. The van der Waals surface area contributed by atoms with E-state index in [1.165, 1.54) is 37.7 Å². The smallest absolute Gasteiger partial charge is 0.193 e. The average molecular weight is 404 g/mol. The first-order valence-electron chi connectivity index (χ1n) is 10.8. The second kappa shape index (κ2) is 10.2. The SMILES string of the molecule is CN=C(NCC1(c2ccc(OC)c(OC)c2)CCCCC1)N(C)CC1CCOC1. The lowest BCUT2D eigenvalue weighted by Gasteiger charge is -2.39. The van der Waals surface area contributed by atoms with E-state index < -0.39 is 0 Å². The lowest BCUT2D eigenvalue weighted by molar-refractivity contribution is 0.181. The fourth-order valence-corrected chi connectivity index (χ4v) is 4.80. The van der Waals surface area contributed by atoms with E-state index in [4.69, 9.17) is 14.2 Å². The maximum atomic E-state index is 5.58. The van der Waals surface area contributed by atoms with Gasteiger partial charge in [0.15, 0.2) is 17.5 Å². The topological polar surface area (TPSA) is 55.3 Å². The molecule has 0 aromatic heterocycles. The summed E-state index contributed by atoms with van der Waals surface area (Å²) in [5, 5.41) is 3.68. The molecule has 0 amide bonds. The second-order valence-electron chi connectivity index (χ2n) is 8.42. The molecule has 1 saturated carbocycles. The second-order valence-corrected chi connectivity index (χ2v) is 8.42. The molecule has 3 rings (SSSR count). The summed E-state index contributed by atoms with van der Waals surface area (Å²) in [4.78, 5) is 6.79. The van der Waals surface area contributed by atoms with Crippen LogP contribution in [0.4, 0.5) is 0 Å². The molecular formula is C23H37N3O3. The van der Waals surface area contributed by atoms with Crippen LogP contribution in [0.15, 0.2) is 23.2 Å². The number of aliphatic imine (C=N–C) groups is 1. The van der Waals surface area contributed by atoms with Gasteiger partial charge in [-0.1, -0.05) is 25.3 Å². The lowest BCUT2D eigenvalue weighted by atomic mass is 9.69. The largest absolute Gasteiger partial charge is 0.493 e. The van der Waals surface area contributed by atoms with Crippen LogP contribution in [0.5, 0.6) is 11.5 Å². The molecule has 1 aliphatic carbocycles. The van der Waals surface area contributed by atoms with Gasteiger partial charge >= 0.3 is 0 Å². The molecule has 1 aromatic carbocycles. The van der Waals surface area contributed by atoms with Gasteiger partial charge in [-0.3, -0.25) is 4.99 Å². The highest BCUT2D eigenvalue weighted by Gasteiger charge is 2.35. The molecule has 0 spiro atoms. The van der Waals surface area contributed by atoms with Crippen LogP contribution in [0, 0.1) is 5.92 Å². The Hall–Kier alpha value is -1.95. The van der Waals surface area contributed by atoms with E-state index in [-0.39, 0.29) is 5.41 Å². The molecule has 29 heavy (non-hydrogen) atoms. The molecule has 1 saturated heterocycles. The summed E-state index contributed by atoms with van der Waals surface area (Å²) < 4.78 is 16.6. The van der Waals surface area contributed by atoms with Crippen LogP contribution in [0.2, 0.25) is 0 Å². The van der Waals surface area contributed by atoms with Crippen molar-refractivity contribution in [2.24, 2.45) is 10.9 Å². The van der Waals surface area contributed by atoms with Crippen molar-refractivity contribution >= 4 is 5.96 Å². The molecule has 0 bridgehead atoms. The average Bonchev–Trinajstić information content (AvgIpc) is 3.27. The van der Waals surface area contributed by atoms with Gasteiger partial charge in [0.1, 0.15) is 0 Å². The quantitative estimate of drug-likeness (QED) is 0.558. The first-order chi connectivity index (χ1) is 14.1. The van der Waals surface area contributed by atoms with Crippen LogP contribution in [0.3, 0.4) is 0 Å². The molecule has 1 aliphatic heterocycles. The minimum absolute atomic E-state index is 0.0883. The third kappa shape index (κ3) is 5.16. The first-order valence-corrected chi connectivity index (χ1v) is 10.8. The van der Waals surface area contributed by atoms with Crippen molar-refractivity contribution < 1.29 is 14.2 Å². The Bertz CT molecular complexity index is 680. The normalized spacial score (nSPS) is 21.7. The number of guanidine groups is 1. The number of rotatable bonds is 7. The van der Waals surface area contributed by atoms with Crippen molar-refractivity contribution in [2.75, 3.05) is 54.6 Å². The summed E-state index contributed by atoms with van der Waals surface area (Å²) in [6.45, 7) is 3.59. The molecular weight excluding hydrogens is 366 g/mol. The van der Waals surface area contributed by atoms with Crippen LogP contribution in [-0.2, 0) is 10.2 Å². The van der Waals surface area contributed by atoms with Crippen molar-refractivity contribution in [2.45, 2.75) is 43.9 Å². The van der Waals surface area contributed by atoms with Crippen LogP contribution in [-0.4, -0.2) is 65.5 Å². The summed E-state index contributed by atoms with van der Waals surface area (Å²) in [7, 11) is 7.38. The number of nitrogens with zero attached hydrogens (tertiary/aromatic N) is 2. The minimum Gasteiger partial charge on any atom is -0.493 e. The zero-order chi connectivity index (χ0) is 20.7. The van der Waals surface area contributed by atoms with Crippen LogP contribution in [0.1, 0.15) is 44.1 Å². The van der Waals surface area contributed by atoms with Crippen LogP contribution in [0.25, 0.3) is 0 Å². The number of hydrogen-bond donors (Lipinski definition) is 1. The Kier molecular flexibility index (Phi) is 7.64. The van der Waals surface area contributed by atoms with Gasteiger partial charge < -0.3 is 24.4 Å². The molecule has 2 aliphatic rings. The number of hydrogen-bond acceptors (Lipinski definition) is 4. The van der Waals surface area contributed by atoms with Gasteiger partial charge in [0.2, 0.25) is 0 Å². The van der Waals surface area contributed by atoms with E-state index in [1.807, 2.05) is 13.1 Å². The standard InChI is InChI=1S/C23H37N3O3/c1-24-22(26(2)15-18-10-13-29-16-18)25-17-23(11-6-5-7-12-23)19-8-9-20(27-3)21(14-19)28-4/h8-9,14,18H,5-7,10-13,15-17H2,1-4H3,(H,24,25). The molecule has 6 nitrogen and oxygen atoms in total. The van der Waals surface area contributed by atoms with E-state index >= 15 is 0 Å². The van der Waals surface area contributed by atoms with Gasteiger partial charge in [0.25, 0.3) is 0 Å². The molecule has 1 N–H and O–H groups in total. The van der Waals surface area contributed by atoms with Gasteiger partial charge in [-0.2, -0.15) is 0 Å². The van der Waals surface area contributed by atoms with Crippen molar-refractivity contribution in [1.29, 1.82) is 0 Å². The number of benzene rings is 1. The third-order valence-corrected chi connectivity index (χ3v) is 6.52. The van der Waals surface area contributed by atoms with Crippen molar-refractivity contribution in [3.63, 3.8) is 0 Å². The molecule has 1 unspecified atom stereocenters. The van der Waals surface area contributed by atoms with Crippen molar-refractivity contribution in [3.8, 4) is 11.5 Å². The number of nitrogens with one attached hydrogen (secondary N) is 1. The van der Waals surface area contributed by atoms with E-state index in [0.717, 1.165) is 50.2 Å². The number of methoxy groups -OCH3 is 2. The fraction of sp³-hybridized carbons (Fsp3) is 0.696. The minimum atomic E-state index is 0.0883. The van der Waals surface area contributed by atoms with Gasteiger partial charge in [-0.05, 0) is 37.0 Å². The highest BCUT2D eigenvalue weighted by Crippen LogP contribution is 2.42. The van der Waals surface area contributed by atoms with E-state index in [1.54, 1.807) is 14.2 Å². The Morgan fingerprint density at radius 3 is 2.59 bits per heavy atom. The predicted octanol–water partition coefficient (Wildman–Crippen LogP) is 3.45. The van der Waals surface area contributed by atoms with E-state index in [9.17, 15) is 0 Å². The van der Waals surface area contributed by atoms with Crippen LogP contribution < -0.4 is 14.8 Å². The summed E-state index contributed by atoms with van der Waals surface area (Å²) in [5.41, 5.74) is 1.41. The third-order valence-electron chi connectivity index (χ3n) is 6.52. The zero-order valence-corrected chi connectivity index (χ0v) is 18.5. The highest BCUT2D eigenvalue weighted by atomic mass is 16.5. The summed E-state index contributed by atoms with van der Waals surface area (Å²) in [6, 6.07) is 6.40. The summed E-state index contributed by atoms with van der Waals surface area (Å²) in [6.07, 6.45) is 7.30. The van der Waals surface area contributed by atoms with E-state index in [0.29, 0.717) is 5.92 Å². The van der Waals surface area contributed by atoms with Crippen LogP contribution >= 0.6 is 0 Å². The zero-order valence-electron chi connectivity index (χ0n) is 18.5. The van der Waals surface area contributed by atoms with Gasteiger partial charge in [0, 0.05) is 45.1 Å².